The number of hydrogen-bond donors (Lipinski definition) is 6. The van der Waals surface area contributed by atoms with Crippen LogP contribution in [-0.2, 0) is 0 Å². The number of hydrogen-bond acceptors (Lipinski definition) is 4. The van der Waals surface area contributed by atoms with E-state index in [0.29, 0.717) is 0 Å². The molecule has 0 amide bonds. The molecule has 0 heterocycles. The molecule has 0 saturated carbocycles. The molecule has 2 aromatic carbocycles. The van der Waals surface area contributed by atoms with Gasteiger partial charge < -0.3 is 22.1 Å². The van der Waals surface area contributed by atoms with Crippen molar-refractivity contribution < 1.29 is 0 Å². The maximum Gasteiger partial charge on any atom is 0.122 e. The van der Waals surface area contributed by atoms with E-state index < -0.39 is 0 Å². The number of nitrogens with two attached hydrogens (primary N) is 2. The van der Waals surface area contributed by atoms with Crippen LogP contribution >= 0.6 is 0 Å². The van der Waals surface area contributed by atoms with E-state index in [0.717, 1.165) is 42.0 Å². The minimum Gasteiger partial charge on any atom is -0.385 e. The summed E-state index contributed by atoms with van der Waals surface area (Å²) in [6.07, 6.45) is 0.961. The maximum absolute atomic E-state index is 7.35. The summed E-state index contributed by atoms with van der Waals surface area (Å²) in [6, 6.07) is 15.0. The average Bonchev–Trinajstić information content (AvgIpc) is 2.55. The van der Waals surface area contributed by atoms with Gasteiger partial charge in [0, 0.05) is 35.6 Å². The topological polar surface area (TPSA) is 124 Å². The van der Waals surface area contributed by atoms with Gasteiger partial charge in [-0.25, -0.2) is 0 Å². The van der Waals surface area contributed by atoms with Gasteiger partial charge in [-0.15, -0.1) is 0 Å². The predicted molar refractivity (Wildman–Crippen MR) is 96.5 cm³/mol. The molecule has 0 fully saturated rings. The van der Waals surface area contributed by atoms with Crippen LogP contribution in [0.1, 0.15) is 17.5 Å². The van der Waals surface area contributed by atoms with Crippen molar-refractivity contribution in [1.29, 1.82) is 10.8 Å². The Morgan fingerprint density at radius 3 is 1.35 bits per heavy atom. The second-order valence-corrected chi connectivity index (χ2v) is 5.19. The SMILES string of the molecule is N=C(N)c1ccc(NCCCNc2ccc(C(=N)N)cc2)cc1. The van der Waals surface area contributed by atoms with E-state index in [9.17, 15) is 0 Å². The van der Waals surface area contributed by atoms with Gasteiger partial charge in [0.1, 0.15) is 11.7 Å². The molecule has 0 atom stereocenters. The number of amidine groups is 2. The molecule has 6 heteroatoms. The Morgan fingerprint density at radius 1 is 0.696 bits per heavy atom. The van der Waals surface area contributed by atoms with E-state index in [1.807, 2.05) is 48.5 Å². The summed E-state index contributed by atoms with van der Waals surface area (Å²) >= 11 is 0. The minimum absolute atomic E-state index is 0.0801. The fourth-order valence-corrected chi connectivity index (χ4v) is 2.09. The number of rotatable bonds is 8. The molecule has 0 radical (unpaired) electrons. The first-order valence-electron chi connectivity index (χ1n) is 7.43. The molecule has 0 unspecified atom stereocenters. The van der Waals surface area contributed by atoms with Crippen molar-refractivity contribution in [2.24, 2.45) is 11.5 Å². The van der Waals surface area contributed by atoms with Crippen LogP contribution < -0.4 is 22.1 Å². The molecule has 2 rings (SSSR count). The summed E-state index contributed by atoms with van der Waals surface area (Å²) in [4.78, 5) is 0. The van der Waals surface area contributed by atoms with Crippen LogP contribution in [0.25, 0.3) is 0 Å². The van der Waals surface area contributed by atoms with Crippen molar-refractivity contribution in [3.8, 4) is 0 Å². The lowest BCUT2D eigenvalue weighted by Crippen LogP contribution is -2.12. The van der Waals surface area contributed by atoms with Crippen LogP contribution in [0.3, 0.4) is 0 Å². The summed E-state index contributed by atoms with van der Waals surface area (Å²) in [5, 5.41) is 21.3. The first-order chi connectivity index (χ1) is 11.1. The lowest BCUT2D eigenvalue weighted by atomic mass is 10.2. The fraction of sp³-hybridized carbons (Fsp3) is 0.176. The third-order valence-electron chi connectivity index (χ3n) is 3.40. The first kappa shape index (κ1) is 16.4. The number of anilines is 2. The van der Waals surface area contributed by atoms with Gasteiger partial charge in [-0.3, -0.25) is 10.8 Å². The molecule has 0 aromatic heterocycles. The quantitative estimate of drug-likeness (QED) is 0.254. The Hall–Kier alpha value is -3.02. The highest BCUT2D eigenvalue weighted by Crippen LogP contribution is 2.10. The van der Waals surface area contributed by atoms with Crippen molar-refractivity contribution in [2.45, 2.75) is 6.42 Å². The third-order valence-corrected chi connectivity index (χ3v) is 3.40. The molecule has 0 saturated heterocycles. The van der Waals surface area contributed by atoms with Crippen LogP contribution in [0, 0.1) is 10.8 Å². The molecule has 0 aliphatic rings. The minimum atomic E-state index is 0.0801. The van der Waals surface area contributed by atoms with Gasteiger partial charge in [-0.1, -0.05) is 0 Å². The maximum atomic E-state index is 7.35. The summed E-state index contributed by atoms with van der Waals surface area (Å²) in [6.45, 7) is 1.69. The van der Waals surface area contributed by atoms with Crippen molar-refractivity contribution in [3.63, 3.8) is 0 Å². The molecule has 0 aliphatic heterocycles. The lowest BCUT2D eigenvalue weighted by Gasteiger charge is -2.09. The summed E-state index contributed by atoms with van der Waals surface area (Å²) in [5.41, 5.74) is 14.3. The van der Waals surface area contributed by atoms with Gasteiger partial charge in [-0.05, 0) is 55.0 Å². The van der Waals surface area contributed by atoms with Crippen molar-refractivity contribution in [2.75, 3.05) is 23.7 Å². The highest BCUT2D eigenvalue weighted by Gasteiger charge is 1.98. The van der Waals surface area contributed by atoms with Crippen LogP contribution in [0.5, 0.6) is 0 Å². The number of nitrogen functional groups attached to an aromatic ring is 2. The van der Waals surface area contributed by atoms with Gasteiger partial charge in [-0.2, -0.15) is 0 Å². The zero-order valence-corrected chi connectivity index (χ0v) is 12.9. The molecule has 6 nitrogen and oxygen atoms in total. The Kier molecular flexibility index (Phi) is 5.57. The van der Waals surface area contributed by atoms with E-state index in [1.165, 1.54) is 0 Å². The van der Waals surface area contributed by atoms with Gasteiger partial charge >= 0.3 is 0 Å². The summed E-state index contributed by atoms with van der Waals surface area (Å²) in [7, 11) is 0. The fourth-order valence-electron chi connectivity index (χ4n) is 2.09. The monoisotopic (exact) mass is 310 g/mol. The van der Waals surface area contributed by atoms with Crippen LogP contribution in [0.4, 0.5) is 11.4 Å². The smallest absolute Gasteiger partial charge is 0.122 e. The van der Waals surface area contributed by atoms with Gasteiger partial charge in [0.2, 0.25) is 0 Å². The molecule has 8 N–H and O–H groups in total. The predicted octanol–water partition coefficient (Wildman–Crippen LogP) is 2.17. The third kappa shape index (κ3) is 5.03. The molecule has 0 bridgehead atoms. The molecule has 0 spiro atoms. The molecule has 0 aliphatic carbocycles. The number of nitrogens with one attached hydrogen (secondary N) is 4. The average molecular weight is 310 g/mol. The highest BCUT2D eigenvalue weighted by atomic mass is 14.9. The molecule has 23 heavy (non-hydrogen) atoms. The van der Waals surface area contributed by atoms with Crippen LogP contribution in [-0.4, -0.2) is 24.8 Å². The van der Waals surface area contributed by atoms with Gasteiger partial charge in [0.15, 0.2) is 0 Å². The van der Waals surface area contributed by atoms with E-state index >= 15 is 0 Å². The van der Waals surface area contributed by atoms with Gasteiger partial charge in [0.05, 0.1) is 0 Å². The van der Waals surface area contributed by atoms with Gasteiger partial charge in [0.25, 0.3) is 0 Å². The van der Waals surface area contributed by atoms with Crippen LogP contribution in [0.15, 0.2) is 48.5 Å². The molecule has 2 aromatic rings. The van der Waals surface area contributed by atoms with Crippen molar-refractivity contribution in [1.82, 2.24) is 0 Å². The van der Waals surface area contributed by atoms with Crippen molar-refractivity contribution in [3.05, 3.63) is 59.7 Å². The standard InChI is InChI=1S/C17H22N6/c18-16(19)12-2-6-14(7-3-12)22-10-1-11-23-15-8-4-13(5-9-15)17(20)21/h2-9,22-23H,1,10-11H2,(H3,18,19)(H3,20,21). The summed E-state index contributed by atoms with van der Waals surface area (Å²) < 4.78 is 0. The van der Waals surface area contributed by atoms with E-state index in [1.54, 1.807) is 0 Å². The van der Waals surface area contributed by atoms with E-state index in [-0.39, 0.29) is 11.7 Å². The molecular weight excluding hydrogens is 288 g/mol. The zero-order chi connectivity index (χ0) is 16.7. The Bertz CT molecular complexity index is 601. The van der Waals surface area contributed by atoms with Crippen LogP contribution in [0.2, 0.25) is 0 Å². The Morgan fingerprint density at radius 2 is 1.04 bits per heavy atom. The van der Waals surface area contributed by atoms with E-state index in [4.69, 9.17) is 22.3 Å². The second-order valence-electron chi connectivity index (χ2n) is 5.19. The summed E-state index contributed by atoms with van der Waals surface area (Å²) in [5.74, 6) is 0.160. The second kappa shape index (κ2) is 7.84. The number of benzene rings is 2. The highest BCUT2D eigenvalue weighted by molar-refractivity contribution is 5.95. The van der Waals surface area contributed by atoms with E-state index in [2.05, 4.69) is 10.6 Å². The Balaban J connectivity index is 1.69. The lowest BCUT2D eigenvalue weighted by molar-refractivity contribution is 0.909. The normalized spacial score (nSPS) is 10.1. The first-order valence-corrected chi connectivity index (χ1v) is 7.43. The van der Waals surface area contributed by atoms with Crippen molar-refractivity contribution >= 4 is 23.0 Å². The molecule has 120 valence electrons. The largest absolute Gasteiger partial charge is 0.385 e. The zero-order valence-electron chi connectivity index (χ0n) is 12.9. The Labute approximate surface area is 135 Å². The molecular formula is C17H22N6.